The van der Waals surface area contributed by atoms with Crippen LogP contribution in [0.5, 0.6) is 0 Å². The maximum atomic E-state index is 11.9. The zero-order chi connectivity index (χ0) is 13.3. The van der Waals surface area contributed by atoms with E-state index < -0.39 is 11.5 Å². The summed E-state index contributed by atoms with van der Waals surface area (Å²) in [7, 11) is 0. The summed E-state index contributed by atoms with van der Waals surface area (Å²) >= 11 is 0. The molecule has 1 N–H and O–H groups in total. The molecule has 1 aromatic rings. The van der Waals surface area contributed by atoms with Crippen molar-refractivity contribution in [2.24, 2.45) is 5.92 Å². The molecule has 5 heteroatoms. The van der Waals surface area contributed by atoms with Gasteiger partial charge in [0.25, 0.3) is 5.56 Å². The summed E-state index contributed by atoms with van der Waals surface area (Å²) in [6, 6.07) is 1.36. The number of carbonyl (C=O) groups excluding carboxylic acids is 2. The van der Waals surface area contributed by atoms with Crippen LogP contribution in [0.1, 0.15) is 46.7 Å². The summed E-state index contributed by atoms with van der Waals surface area (Å²) in [5, 5.41) is 0. The fraction of sp³-hybridized carbons (Fsp3) is 0.462. The molecule has 0 fully saturated rings. The lowest BCUT2D eigenvalue weighted by Gasteiger charge is -2.20. The van der Waals surface area contributed by atoms with Gasteiger partial charge in [-0.05, 0) is 25.3 Å². The topological polar surface area (TPSA) is 76.2 Å². The van der Waals surface area contributed by atoms with Gasteiger partial charge in [-0.3, -0.25) is 9.59 Å². The van der Waals surface area contributed by atoms with Gasteiger partial charge in [-0.25, -0.2) is 4.79 Å². The van der Waals surface area contributed by atoms with Gasteiger partial charge in [0.1, 0.15) is 5.56 Å². The Labute approximate surface area is 104 Å². The first-order valence-corrected chi connectivity index (χ1v) is 5.99. The van der Waals surface area contributed by atoms with Crippen molar-refractivity contribution in [3.63, 3.8) is 0 Å². The van der Waals surface area contributed by atoms with Gasteiger partial charge in [-0.15, -0.1) is 0 Å². The smallest absolute Gasteiger partial charge is 0.343 e. The Morgan fingerprint density at radius 2 is 2.17 bits per heavy atom. The van der Waals surface area contributed by atoms with Crippen LogP contribution in [-0.2, 0) is 11.2 Å². The van der Waals surface area contributed by atoms with Crippen LogP contribution in [0, 0.1) is 5.92 Å². The number of hydrogen-bond acceptors (Lipinski definition) is 4. The van der Waals surface area contributed by atoms with Crippen LogP contribution in [0.15, 0.2) is 10.9 Å². The largest absolute Gasteiger partial charge is 0.462 e. The lowest BCUT2D eigenvalue weighted by Crippen LogP contribution is -2.27. The van der Waals surface area contributed by atoms with E-state index in [1.54, 1.807) is 6.92 Å². The summed E-state index contributed by atoms with van der Waals surface area (Å²) in [6.45, 7) is 3.82. The highest BCUT2D eigenvalue weighted by Gasteiger charge is 2.25. The van der Waals surface area contributed by atoms with E-state index in [-0.39, 0.29) is 23.9 Å². The lowest BCUT2D eigenvalue weighted by atomic mass is 9.86. The number of aromatic amines is 1. The van der Waals surface area contributed by atoms with Gasteiger partial charge < -0.3 is 9.72 Å². The van der Waals surface area contributed by atoms with Crippen LogP contribution < -0.4 is 5.56 Å². The normalized spacial score (nSPS) is 18.3. The van der Waals surface area contributed by atoms with Crippen molar-refractivity contribution in [3.8, 4) is 0 Å². The molecule has 0 saturated heterocycles. The standard InChI is InChI=1S/C13H15NO4/c1-3-18-13(17)9-6-8-10(14-12(9)16)4-7(2)5-11(8)15/h6-7H,3-5H2,1-2H3,(H,14,16)/t7-/m0/s1. The predicted molar refractivity (Wildman–Crippen MR) is 64.8 cm³/mol. The number of carbonyl (C=O) groups is 2. The van der Waals surface area contributed by atoms with E-state index in [2.05, 4.69) is 4.98 Å². The highest BCUT2D eigenvalue weighted by molar-refractivity contribution is 6.00. The SMILES string of the molecule is CCOC(=O)c1cc2c([nH]c1=O)C[C@H](C)CC2=O. The van der Waals surface area contributed by atoms with Crippen LogP contribution in [0.4, 0.5) is 0 Å². The van der Waals surface area contributed by atoms with E-state index in [0.717, 1.165) is 0 Å². The number of hydrogen-bond donors (Lipinski definition) is 1. The van der Waals surface area contributed by atoms with E-state index in [1.165, 1.54) is 6.07 Å². The number of ether oxygens (including phenoxy) is 1. The zero-order valence-corrected chi connectivity index (χ0v) is 10.4. The van der Waals surface area contributed by atoms with Gasteiger partial charge in [0, 0.05) is 17.7 Å². The van der Waals surface area contributed by atoms with Gasteiger partial charge >= 0.3 is 5.97 Å². The van der Waals surface area contributed by atoms with Crippen molar-refractivity contribution in [1.82, 2.24) is 4.98 Å². The Hall–Kier alpha value is -1.91. The Morgan fingerprint density at radius 3 is 2.83 bits per heavy atom. The van der Waals surface area contributed by atoms with Crippen LogP contribution in [0.3, 0.4) is 0 Å². The van der Waals surface area contributed by atoms with Gasteiger partial charge in [0.05, 0.1) is 6.61 Å². The van der Waals surface area contributed by atoms with E-state index in [9.17, 15) is 14.4 Å². The first-order valence-electron chi connectivity index (χ1n) is 5.99. The maximum absolute atomic E-state index is 11.9. The fourth-order valence-corrected chi connectivity index (χ4v) is 2.19. The van der Waals surface area contributed by atoms with E-state index in [0.29, 0.717) is 24.1 Å². The van der Waals surface area contributed by atoms with E-state index >= 15 is 0 Å². The maximum Gasteiger partial charge on any atom is 0.343 e. The van der Waals surface area contributed by atoms with Crippen molar-refractivity contribution in [2.75, 3.05) is 6.61 Å². The summed E-state index contributed by atoms with van der Waals surface area (Å²) in [5.41, 5.74) is 0.472. The molecule has 0 amide bonds. The Kier molecular flexibility index (Phi) is 3.32. The Morgan fingerprint density at radius 1 is 1.44 bits per heavy atom. The number of ketones is 1. The predicted octanol–water partition coefficient (Wildman–Crippen LogP) is 1.32. The molecule has 0 unspecified atom stereocenters. The molecule has 0 radical (unpaired) electrons. The third-order valence-corrected chi connectivity index (χ3v) is 3.01. The molecule has 1 heterocycles. The second-order valence-corrected chi connectivity index (χ2v) is 4.56. The van der Waals surface area contributed by atoms with Crippen LogP contribution >= 0.6 is 0 Å². The number of rotatable bonds is 2. The van der Waals surface area contributed by atoms with Gasteiger partial charge in [0.2, 0.25) is 0 Å². The van der Waals surface area contributed by atoms with Crippen LogP contribution in [0.25, 0.3) is 0 Å². The first kappa shape index (κ1) is 12.5. The number of H-pyrrole nitrogens is 1. The number of pyridine rings is 1. The van der Waals surface area contributed by atoms with Crippen molar-refractivity contribution < 1.29 is 14.3 Å². The summed E-state index contributed by atoms with van der Waals surface area (Å²) in [5.74, 6) is -0.507. The molecule has 1 aliphatic carbocycles. The third kappa shape index (κ3) is 2.20. The van der Waals surface area contributed by atoms with Crippen molar-refractivity contribution in [2.45, 2.75) is 26.7 Å². The number of fused-ring (bicyclic) bond motifs is 1. The van der Waals surface area contributed by atoms with Crippen molar-refractivity contribution in [1.29, 1.82) is 0 Å². The zero-order valence-electron chi connectivity index (χ0n) is 10.4. The molecule has 0 aliphatic heterocycles. The molecule has 1 aliphatic rings. The molecular formula is C13H15NO4. The molecule has 0 aromatic carbocycles. The van der Waals surface area contributed by atoms with Crippen LogP contribution in [-0.4, -0.2) is 23.3 Å². The number of Topliss-reactive ketones (excluding diaryl/α,β-unsaturated/α-hetero) is 1. The molecule has 5 nitrogen and oxygen atoms in total. The highest BCUT2D eigenvalue weighted by atomic mass is 16.5. The first-order chi connectivity index (χ1) is 8.52. The average molecular weight is 249 g/mol. The quantitative estimate of drug-likeness (QED) is 0.802. The molecular weight excluding hydrogens is 234 g/mol. The second kappa shape index (κ2) is 4.76. The minimum Gasteiger partial charge on any atom is -0.462 e. The molecule has 18 heavy (non-hydrogen) atoms. The van der Waals surface area contributed by atoms with Crippen LogP contribution in [0.2, 0.25) is 0 Å². The molecule has 1 atom stereocenters. The van der Waals surface area contributed by atoms with Gasteiger partial charge in [0.15, 0.2) is 5.78 Å². The molecule has 0 saturated carbocycles. The number of aromatic nitrogens is 1. The molecule has 0 bridgehead atoms. The fourth-order valence-electron chi connectivity index (χ4n) is 2.19. The molecule has 2 rings (SSSR count). The monoisotopic (exact) mass is 249 g/mol. The average Bonchev–Trinajstić information content (AvgIpc) is 2.27. The lowest BCUT2D eigenvalue weighted by molar-refractivity contribution is 0.0524. The Bertz CT molecular complexity index is 559. The summed E-state index contributed by atoms with van der Waals surface area (Å²) in [6.07, 6.45) is 1.10. The minimum absolute atomic E-state index is 0.0365. The third-order valence-electron chi connectivity index (χ3n) is 3.01. The van der Waals surface area contributed by atoms with Gasteiger partial charge in [-0.1, -0.05) is 6.92 Å². The molecule has 0 spiro atoms. The number of nitrogens with one attached hydrogen (secondary N) is 1. The number of esters is 1. The highest BCUT2D eigenvalue weighted by Crippen LogP contribution is 2.23. The molecule has 1 aromatic heterocycles. The van der Waals surface area contributed by atoms with Crippen molar-refractivity contribution >= 4 is 11.8 Å². The van der Waals surface area contributed by atoms with Gasteiger partial charge in [-0.2, -0.15) is 0 Å². The summed E-state index contributed by atoms with van der Waals surface area (Å²) < 4.78 is 4.79. The van der Waals surface area contributed by atoms with E-state index in [4.69, 9.17) is 4.74 Å². The minimum atomic E-state index is -0.687. The molecule has 96 valence electrons. The van der Waals surface area contributed by atoms with E-state index in [1.807, 2.05) is 6.92 Å². The second-order valence-electron chi connectivity index (χ2n) is 4.56. The summed E-state index contributed by atoms with van der Waals surface area (Å²) in [4.78, 5) is 37.8. The van der Waals surface area contributed by atoms with Crippen molar-refractivity contribution in [3.05, 3.63) is 33.2 Å². The Balaban J connectivity index is 2.48.